The second-order valence-electron chi connectivity index (χ2n) is 5.57. The molecule has 1 aromatic rings. The molecule has 2 aliphatic rings. The lowest BCUT2D eigenvalue weighted by Crippen LogP contribution is -2.50. The first-order valence-corrected chi connectivity index (χ1v) is 7.05. The van der Waals surface area contributed by atoms with Gasteiger partial charge in [-0.25, -0.2) is 0 Å². The standard InChI is InChI=1S/C15H22N2O2/c1-11(16)15-9-17(6-7-18-15)8-12-10-19-14-5-3-2-4-13(12)14/h2-5,11-12,15H,6-10,16H2,1H3. The summed E-state index contributed by atoms with van der Waals surface area (Å²) in [7, 11) is 0. The van der Waals surface area contributed by atoms with E-state index in [1.165, 1.54) is 5.56 Å². The van der Waals surface area contributed by atoms with Crippen molar-refractivity contribution in [3.8, 4) is 5.75 Å². The number of benzene rings is 1. The van der Waals surface area contributed by atoms with Gasteiger partial charge in [0, 0.05) is 37.2 Å². The second-order valence-corrected chi connectivity index (χ2v) is 5.57. The van der Waals surface area contributed by atoms with Crippen LogP contribution in [0.1, 0.15) is 18.4 Å². The third-order valence-electron chi connectivity index (χ3n) is 4.04. The minimum absolute atomic E-state index is 0.0925. The number of hydrogen-bond acceptors (Lipinski definition) is 4. The minimum Gasteiger partial charge on any atom is -0.493 e. The zero-order valence-electron chi connectivity index (χ0n) is 11.4. The van der Waals surface area contributed by atoms with Crippen molar-refractivity contribution in [2.75, 3.05) is 32.8 Å². The molecule has 0 amide bonds. The molecule has 19 heavy (non-hydrogen) atoms. The van der Waals surface area contributed by atoms with E-state index >= 15 is 0 Å². The van der Waals surface area contributed by atoms with E-state index < -0.39 is 0 Å². The first kappa shape index (κ1) is 12.9. The Labute approximate surface area is 114 Å². The third kappa shape index (κ3) is 2.76. The number of nitrogens with two attached hydrogens (primary N) is 1. The number of morpholine rings is 1. The smallest absolute Gasteiger partial charge is 0.122 e. The van der Waals surface area contributed by atoms with E-state index in [9.17, 15) is 0 Å². The molecular weight excluding hydrogens is 240 g/mol. The zero-order valence-corrected chi connectivity index (χ0v) is 11.4. The van der Waals surface area contributed by atoms with Crippen LogP contribution in [0, 0.1) is 0 Å². The van der Waals surface area contributed by atoms with E-state index in [2.05, 4.69) is 23.1 Å². The van der Waals surface area contributed by atoms with Crippen molar-refractivity contribution in [1.29, 1.82) is 0 Å². The highest BCUT2D eigenvalue weighted by molar-refractivity contribution is 5.39. The zero-order chi connectivity index (χ0) is 13.2. The summed E-state index contributed by atoms with van der Waals surface area (Å²) >= 11 is 0. The van der Waals surface area contributed by atoms with Crippen LogP contribution < -0.4 is 10.5 Å². The summed E-state index contributed by atoms with van der Waals surface area (Å²) in [6.45, 7) is 6.53. The predicted octanol–water partition coefficient (Wildman–Crippen LogP) is 1.21. The number of hydrogen-bond donors (Lipinski definition) is 1. The summed E-state index contributed by atoms with van der Waals surface area (Å²) in [5.74, 6) is 1.52. The van der Waals surface area contributed by atoms with Gasteiger partial charge in [0.05, 0.1) is 19.3 Å². The molecule has 1 saturated heterocycles. The Morgan fingerprint density at radius 1 is 1.42 bits per heavy atom. The highest BCUT2D eigenvalue weighted by Crippen LogP contribution is 2.34. The van der Waals surface area contributed by atoms with Crippen molar-refractivity contribution in [2.45, 2.75) is 25.0 Å². The van der Waals surface area contributed by atoms with Gasteiger partial charge in [0.15, 0.2) is 0 Å². The summed E-state index contributed by atoms with van der Waals surface area (Å²) in [5, 5.41) is 0. The fourth-order valence-electron chi connectivity index (χ4n) is 2.91. The Morgan fingerprint density at radius 3 is 3.11 bits per heavy atom. The van der Waals surface area contributed by atoms with Gasteiger partial charge in [-0.3, -0.25) is 4.90 Å². The van der Waals surface area contributed by atoms with Crippen LogP contribution in [0.5, 0.6) is 5.75 Å². The Balaban J connectivity index is 1.63. The quantitative estimate of drug-likeness (QED) is 0.889. The van der Waals surface area contributed by atoms with Crippen LogP contribution in [-0.4, -0.2) is 49.9 Å². The lowest BCUT2D eigenvalue weighted by atomic mass is 10.00. The van der Waals surface area contributed by atoms with Gasteiger partial charge >= 0.3 is 0 Å². The van der Waals surface area contributed by atoms with E-state index in [-0.39, 0.29) is 12.1 Å². The lowest BCUT2D eigenvalue weighted by Gasteiger charge is -2.35. The van der Waals surface area contributed by atoms with Crippen molar-refractivity contribution in [3.63, 3.8) is 0 Å². The average molecular weight is 262 g/mol. The number of fused-ring (bicyclic) bond motifs is 1. The van der Waals surface area contributed by atoms with Crippen LogP contribution in [0.3, 0.4) is 0 Å². The molecule has 0 aliphatic carbocycles. The van der Waals surface area contributed by atoms with Crippen molar-refractivity contribution in [1.82, 2.24) is 4.90 Å². The van der Waals surface area contributed by atoms with E-state index in [1.807, 2.05) is 13.0 Å². The molecule has 0 bridgehead atoms. The van der Waals surface area contributed by atoms with E-state index in [0.717, 1.165) is 38.6 Å². The molecule has 0 spiro atoms. The second kappa shape index (κ2) is 5.49. The van der Waals surface area contributed by atoms with Gasteiger partial charge in [-0.1, -0.05) is 18.2 Å². The van der Waals surface area contributed by atoms with Crippen LogP contribution in [0.2, 0.25) is 0 Å². The van der Waals surface area contributed by atoms with Gasteiger partial charge in [-0.05, 0) is 13.0 Å². The largest absolute Gasteiger partial charge is 0.493 e. The van der Waals surface area contributed by atoms with Crippen molar-refractivity contribution in [2.24, 2.45) is 5.73 Å². The van der Waals surface area contributed by atoms with Crippen LogP contribution in [-0.2, 0) is 4.74 Å². The van der Waals surface area contributed by atoms with Gasteiger partial charge in [0.2, 0.25) is 0 Å². The number of para-hydroxylation sites is 1. The molecule has 0 radical (unpaired) electrons. The van der Waals surface area contributed by atoms with E-state index in [4.69, 9.17) is 15.2 Å². The summed E-state index contributed by atoms with van der Waals surface area (Å²) in [6, 6.07) is 8.44. The molecule has 2 aliphatic heterocycles. The maximum atomic E-state index is 5.94. The fraction of sp³-hybridized carbons (Fsp3) is 0.600. The monoisotopic (exact) mass is 262 g/mol. The summed E-state index contributed by atoms with van der Waals surface area (Å²) < 4.78 is 11.4. The average Bonchev–Trinajstić information content (AvgIpc) is 2.83. The first-order valence-electron chi connectivity index (χ1n) is 7.05. The highest BCUT2D eigenvalue weighted by Gasteiger charge is 2.29. The minimum atomic E-state index is 0.0925. The van der Waals surface area contributed by atoms with Crippen LogP contribution >= 0.6 is 0 Å². The van der Waals surface area contributed by atoms with Gasteiger partial charge < -0.3 is 15.2 Å². The molecule has 1 fully saturated rings. The molecule has 104 valence electrons. The Hall–Kier alpha value is -1.10. The summed E-state index contributed by atoms with van der Waals surface area (Å²) in [6.07, 6.45) is 0.159. The van der Waals surface area contributed by atoms with Gasteiger partial charge in [0.25, 0.3) is 0 Å². The molecule has 0 aromatic heterocycles. The molecule has 4 heteroatoms. The Kier molecular flexibility index (Phi) is 3.73. The van der Waals surface area contributed by atoms with E-state index in [1.54, 1.807) is 0 Å². The SMILES string of the molecule is CC(N)C1CN(CC2COc3ccccc32)CCO1. The molecule has 1 aromatic carbocycles. The van der Waals surface area contributed by atoms with Crippen LogP contribution in [0.4, 0.5) is 0 Å². The maximum Gasteiger partial charge on any atom is 0.122 e. The lowest BCUT2D eigenvalue weighted by molar-refractivity contribution is -0.0395. The van der Waals surface area contributed by atoms with Gasteiger partial charge in [-0.15, -0.1) is 0 Å². The fourth-order valence-corrected chi connectivity index (χ4v) is 2.91. The van der Waals surface area contributed by atoms with Gasteiger partial charge in [-0.2, -0.15) is 0 Å². The number of ether oxygens (including phenoxy) is 2. The maximum absolute atomic E-state index is 5.94. The summed E-state index contributed by atoms with van der Waals surface area (Å²) in [5.41, 5.74) is 7.28. The third-order valence-corrected chi connectivity index (χ3v) is 4.04. The van der Waals surface area contributed by atoms with Crippen LogP contribution in [0.15, 0.2) is 24.3 Å². The highest BCUT2D eigenvalue weighted by atomic mass is 16.5. The van der Waals surface area contributed by atoms with Gasteiger partial charge in [0.1, 0.15) is 5.75 Å². The molecule has 3 rings (SSSR count). The Morgan fingerprint density at radius 2 is 2.26 bits per heavy atom. The summed E-state index contributed by atoms with van der Waals surface area (Å²) in [4.78, 5) is 2.45. The molecule has 4 nitrogen and oxygen atoms in total. The number of rotatable bonds is 3. The molecular formula is C15H22N2O2. The predicted molar refractivity (Wildman–Crippen MR) is 74.5 cm³/mol. The molecule has 2 heterocycles. The van der Waals surface area contributed by atoms with Crippen LogP contribution in [0.25, 0.3) is 0 Å². The van der Waals surface area contributed by atoms with Crippen molar-refractivity contribution in [3.05, 3.63) is 29.8 Å². The first-order chi connectivity index (χ1) is 9.24. The molecule has 3 atom stereocenters. The Bertz CT molecular complexity index is 436. The normalized spacial score (nSPS) is 28.7. The van der Waals surface area contributed by atoms with Crippen molar-refractivity contribution < 1.29 is 9.47 Å². The molecule has 2 N–H and O–H groups in total. The molecule has 0 saturated carbocycles. The topological polar surface area (TPSA) is 47.7 Å². The van der Waals surface area contributed by atoms with Crippen molar-refractivity contribution >= 4 is 0 Å². The van der Waals surface area contributed by atoms with E-state index in [0.29, 0.717) is 5.92 Å². The molecule has 3 unspecified atom stereocenters. The number of nitrogens with zero attached hydrogens (tertiary/aromatic N) is 1.